The van der Waals surface area contributed by atoms with Crippen molar-refractivity contribution in [2.75, 3.05) is 18.2 Å². The summed E-state index contributed by atoms with van der Waals surface area (Å²) in [6.07, 6.45) is 6.13. The lowest BCUT2D eigenvalue weighted by atomic mass is 9.82. The predicted molar refractivity (Wildman–Crippen MR) is 102 cm³/mol. The molecule has 1 N–H and O–H groups in total. The fourth-order valence-electron chi connectivity index (χ4n) is 3.41. The molecule has 1 aliphatic rings. The van der Waals surface area contributed by atoms with Crippen molar-refractivity contribution in [3.8, 4) is 0 Å². The van der Waals surface area contributed by atoms with Crippen LogP contribution in [0, 0.1) is 0 Å². The van der Waals surface area contributed by atoms with E-state index in [2.05, 4.69) is 15.3 Å². The zero-order chi connectivity index (χ0) is 19.5. The van der Waals surface area contributed by atoms with Crippen molar-refractivity contribution in [1.82, 2.24) is 9.97 Å². The summed E-state index contributed by atoms with van der Waals surface area (Å²) in [6.45, 7) is 2.14. The molecule has 3 rings (SSSR count). The molecule has 1 saturated carbocycles. The van der Waals surface area contributed by atoms with E-state index in [0.717, 1.165) is 12.8 Å². The maximum Gasteiger partial charge on any atom is 0.318 e. The monoisotopic (exact) mass is 389 g/mol. The average molecular weight is 389 g/mol. The van der Waals surface area contributed by atoms with Gasteiger partial charge < -0.3 is 10.1 Å². The normalized spacial score (nSPS) is 16.1. The number of nitrogens with one attached hydrogen (secondary N) is 1. The number of aromatic nitrogens is 2. The molecule has 1 aromatic heterocycles. The average Bonchev–Trinajstić information content (AvgIpc) is 3.13. The number of anilines is 2. The van der Waals surface area contributed by atoms with Crippen molar-refractivity contribution in [1.29, 1.82) is 0 Å². The Morgan fingerprint density at radius 3 is 2.44 bits per heavy atom. The highest BCUT2D eigenvalue weighted by Crippen LogP contribution is 2.41. The van der Waals surface area contributed by atoms with Gasteiger partial charge in [-0.25, -0.2) is 18.4 Å². The van der Waals surface area contributed by atoms with Gasteiger partial charge in [-0.3, -0.25) is 4.79 Å². The number of hydrogen-bond donors (Lipinski definition) is 1. The van der Waals surface area contributed by atoms with Crippen molar-refractivity contribution in [2.24, 2.45) is 0 Å². The molecule has 1 aromatic carbocycles. The van der Waals surface area contributed by atoms with Gasteiger partial charge in [0.05, 0.1) is 17.2 Å². The zero-order valence-corrected chi connectivity index (χ0v) is 16.3. The minimum Gasteiger partial charge on any atom is -0.465 e. The molecule has 7 nitrogen and oxygen atoms in total. The molecule has 8 heteroatoms. The van der Waals surface area contributed by atoms with Crippen LogP contribution in [0.2, 0.25) is 0 Å². The molecule has 2 aromatic rings. The van der Waals surface area contributed by atoms with Crippen LogP contribution >= 0.6 is 0 Å². The summed E-state index contributed by atoms with van der Waals surface area (Å²) in [4.78, 5) is 21.6. The highest BCUT2D eigenvalue weighted by atomic mass is 32.2. The summed E-state index contributed by atoms with van der Waals surface area (Å²) in [7, 11) is -3.24. The predicted octanol–water partition coefficient (Wildman–Crippen LogP) is 3.00. The van der Waals surface area contributed by atoms with Gasteiger partial charge >= 0.3 is 5.97 Å². The Labute approximate surface area is 159 Å². The van der Waals surface area contributed by atoms with Gasteiger partial charge in [-0.1, -0.05) is 12.8 Å². The van der Waals surface area contributed by atoms with Crippen LogP contribution in [0.5, 0.6) is 0 Å². The first kappa shape index (κ1) is 19.3. The molecule has 0 atom stereocenters. The van der Waals surface area contributed by atoms with Crippen molar-refractivity contribution < 1.29 is 17.9 Å². The molecule has 0 bridgehead atoms. The Hall–Kier alpha value is -2.48. The first-order valence-electron chi connectivity index (χ1n) is 8.93. The van der Waals surface area contributed by atoms with Crippen molar-refractivity contribution in [2.45, 2.75) is 42.9 Å². The molecule has 1 heterocycles. The SMILES string of the molecule is CCOC(=O)C1(c2ccnc(Nc3ccc(S(C)(=O)=O)cc3)n2)CCCC1. The van der Waals surface area contributed by atoms with Crippen LogP contribution in [0.25, 0.3) is 0 Å². The Morgan fingerprint density at radius 1 is 1.19 bits per heavy atom. The highest BCUT2D eigenvalue weighted by molar-refractivity contribution is 7.90. The van der Waals surface area contributed by atoms with Crippen LogP contribution in [-0.2, 0) is 24.8 Å². The fourth-order valence-corrected chi connectivity index (χ4v) is 4.04. The molecule has 27 heavy (non-hydrogen) atoms. The van der Waals surface area contributed by atoms with E-state index in [1.54, 1.807) is 31.3 Å². The summed E-state index contributed by atoms with van der Waals surface area (Å²) in [5, 5.41) is 3.07. The number of hydrogen-bond acceptors (Lipinski definition) is 7. The maximum absolute atomic E-state index is 12.6. The standard InChI is InChI=1S/C19H23N3O4S/c1-3-26-17(23)19(11-4-5-12-19)16-10-13-20-18(22-16)21-14-6-8-15(9-7-14)27(2,24)25/h6-10,13H,3-5,11-12H2,1-2H3,(H,20,21,22). The van der Waals surface area contributed by atoms with Crippen molar-refractivity contribution >= 4 is 27.4 Å². The Bertz CT molecular complexity index is 920. The number of rotatable bonds is 6. The summed E-state index contributed by atoms with van der Waals surface area (Å²) in [5.41, 5.74) is 0.607. The molecule has 144 valence electrons. The molecule has 1 fully saturated rings. The van der Waals surface area contributed by atoms with Crippen LogP contribution in [0.3, 0.4) is 0 Å². The summed E-state index contributed by atoms with van der Waals surface area (Å²) in [5.74, 6) is 0.125. The summed E-state index contributed by atoms with van der Waals surface area (Å²) >= 11 is 0. The van der Waals surface area contributed by atoms with Crippen LogP contribution < -0.4 is 5.32 Å². The van der Waals surface area contributed by atoms with Gasteiger partial charge in [0.25, 0.3) is 0 Å². The molecule has 0 spiro atoms. The first-order chi connectivity index (χ1) is 12.8. The van der Waals surface area contributed by atoms with E-state index < -0.39 is 15.3 Å². The zero-order valence-electron chi connectivity index (χ0n) is 15.4. The number of sulfone groups is 1. The third-order valence-electron chi connectivity index (χ3n) is 4.81. The number of carbonyl (C=O) groups excluding carboxylic acids is 1. The minimum atomic E-state index is -3.24. The molecule has 0 aliphatic heterocycles. The van der Waals surface area contributed by atoms with Crippen LogP contribution in [0.4, 0.5) is 11.6 Å². The second-order valence-electron chi connectivity index (χ2n) is 6.70. The Kier molecular flexibility index (Phi) is 5.46. The minimum absolute atomic E-state index is 0.232. The number of carbonyl (C=O) groups is 1. The fraction of sp³-hybridized carbons (Fsp3) is 0.421. The first-order valence-corrected chi connectivity index (χ1v) is 10.8. The van der Waals surface area contributed by atoms with E-state index in [1.807, 2.05) is 0 Å². The van der Waals surface area contributed by atoms with E-state index in [-0.39, 0.29) is 10.9 Å². The van der Waals surface area contributed by atoms with Gasteiger partial charge in [-0.15, -0.1) is 0 Å². The van der Waals surface area contributed by atoms with E-state index in [9.17, 15) is 13.2 Å². The smallest absolute Gasteiger partial charge is 0.318 e. The quantitative estimate of drug-likeness (QED) is 0.758. The van der Waals surface area contributed by atoms with Gasteiger partial charge in [0.2, 0.25) is 5.95 Å². The number of esters is 1. The molecule has 0 saturated heterocycles. The van der Waals surface area contributed by atoms with E-state index in [4.69, 9.17) is 4.74 Å². The second kappa shape index (κ2) is 7.64. The Balaban J connectivity index is 1.86. The molecular weight excluding hydrogens is 366 g/mol. The van der Waals surface area contributed by atoms with E-state index >= 15 is 0 Å². The molecule has 0 unspecified atom stereocenters. The molecular formula is C19H23N3O4S. The van der Waals surface area contributed by atoms with E-state index in [1.165, 1.54) is 18.4 Å². The van der Waals surface area contributed by atoms with Gasteiger partial charge in [-0.05, 0) is 50.1 Å². The Morgan fingerprint density at radius 2 is 1.85 bits per heavy atom. The number of benzene rings is 1. The molecule has 0 amide bonds. The summed E-state index contributed by atoms with van der Waals surface area (Å²) < 4.78 is 28.4. The van der Waals surface area contributed by atoms with Gasteiger partial charge in [-0.2, -0.15) is 0 Å². The van der Waals surface area contributed by atoms with Crippen molar-refractivity contribution in [3.63, 3.8) is 0 Å². The molecule has 0 radical (unpaired) electrons. The lowest BCUT2D eigenvalue weighted by Gasteiger charge is -2.26. The van der Waals surface area contributed by atoms with Gasteiger partial charge in [0, 0.05) is 18.1 Å². The largest absolute Gasteiger partial charge is 0.465 e. The summed E-state index contributed by atoms with van der Waals surface area (Å²) in [6, 6.07) is 8.13. The number of nitrogens with zero attached hydrogens (tertiary/aromatic N) is 2. The van der Waals surface area contributed by atoms with Crippen molar-refractivity contribution in [3.05, 3.63) is 42.2 Å². The second-order valence-corrected chi connectivity index (χ2v) is 8.71. The lowest BCUT2D eigenvalue weighted by molar-refractivity contribution is -0.150. The molecule has 1 aliphatic carbocycles. The number of ether oxygens (including phenoxy) is 1. The van der Waals surface area contributed by atoms with Crippen LogP contribution in [0.15, 0.2) is 41.4 Å². The van der Waals surface area contributed by atoms with Gasteiger partial charge in [0.1, 0.15) is 5.41 Å². The topological polar surface area (TPSA) is 98.2 Å². The third kappa shape index (κ3) is 4.10. The highest BCUT2D eigenvalue weighted by Gasteiger charge is 2.45. The third-order valence-corrected chi connectivity index (χ3v) is 5.94. The van der Waals surface area contributed by atoms with Crippen LogP contribution in [-0.4, -0.2) is 37.2 Å². The van der Waals surface area contributed by atoms with Gasteiger partial charge in [0.15, 0.2) is 9.84 Å². The van der Waals surface area contributed by atoms with Crippen LogP contribution in [0.1, 0.15) is 38.3 Å². The maximum atomic E-state index is 12.6. The van der Waals surface area contributed by atoms with E-state index in [0.29, 0.717) is 36.8 Å². The lowest BCUT2D eigenvalue weighted by Crippen LogP contribution is -2.35.